The van der Waals surface area contributed by atoms with Crippen LogP contribution in [0, 0.1) is 0 Å². The molecule has 2 aromatic carbocycles. The van der Waals surface area contributed by atoms with E-state index < -0.39 is 17.7 Å². The first kappa shape index (κ1) is 23.2. The Balaban J connectivity index is 2.09. The van der Waals surface area contributed by atoms with Crippen LogP contribution in [0.2, 0.25) is 5.02 Å². The van der Waals surface area contributed by atoms with Crippen LogP contribution in [0.25, 0.3) is 5.76 Å². The minimum absolute atomic E-state index is 0.0168. The predicted octanol–water partition coefficient (Wildman–Crippen LogP) is 4.91. The summed E-state index contributed by atoms with van der Waals surface area (Å²) >= 11 is 6.26. The second-order valence-corrected chi connectivity index (χ2v) is 7.39. The Bertz CT molecular complexity index is 1070. The molecule has 1 N–H and O–H groups in total. The third kappa shape index (κ3) is 4.55. The van der Waals surface area contributed by atoms with Crippen molar-refractivity contribution in [1.82, 2.24) is 4.90 Å². The molecule has 0 saturated carbocycles. The lowest BCUT2D eigenvalue weighted by molar-refractivity contribution is -0.139. The van der Waals surface area contributed by atoms with E-state index in [1.165, 1.54) is 17.0 Å². The van der Waals surface area contributed by atoms with Crippen LogP contribution >= 0.6 is 11.6 Å². The highest BCUT2D eigenvalue weighted by Gasteiger charge is 2.45. The van der Waals surface area contributed by atoms with Crippen LogP contribution < -0.4 is 9.47 Å². The van der Waals surface area contributed by atoms with E-state index in [2.05, 4.69) is 13.2 Å². The van der Waals surface area contributed by atoms with Crippen LogP contribution in [0.5, 0.6) is 11.5 Å². The van der Waals surface area contributed by atoms with Gasteiger partial charge in [0.05, 0.1) is 23.2 Å². The summed E-state index contributed by atoms with van der Waals surface area (Å²) in [5, 5.41) is 11.3. The molecule has 1 atom stereocenters. The maximum absolute atomic E-state index is 12.9. The topological polar surface area (TPSA) is 76.1 Å². The first-order valence-electron chi connectivity index (χ1n) is 10.1. The first-order chi connectivity index (χ1) is 15.4. The zero-order chi connectivity index (χ0) is 23.3. The number of hydrogen-bond donors (Lipinski definition) is 1. The second-order valence-electron chi connectivity index (χ2n) is 6.99. The van der Waals surface area contributed by atoms with Gasteiger partial charge in [-0.25, -0.2) is 0 Å². The van der Waals surface area contributed by atoms with Gasteiger partial charge in [-0.2, -0.15) is 0 Å². The van der Waals surface area contributed by atoms with Crippen molar-refractivity contribution < 1.29 is 24.2 Å². The number of ether oxygens (including phenoxy) is 2. The van der Waals surface area contributed by atoms with Crippen LogP contribution in [0.1, 0.15) is 24.1 Å². The number of benzene rings is 2. The molecule has 1 saturated heterocycles. The molecular weight excluding hydrogens is 430 g/mol. The summed E-state index contributed by atoms with van der Waals surface area (Å²) in [5.74, 6) is -0.708. The van der Waals surface area contributed by atoms with E-state index in [4.69, 9.17) is 21.1 Å². The third-order valence-corrected chi connectivity index (χ3v) is 5.23. The number of Topliss-reactive ketones (excluding diaryl/α,β-unsaturated/α-hetero) is 1. The Morgan fingerprint density at radius 1 is 1.12 bits per heavy atom. The van der Waals surface area contributed by atoms with Crippen molar-refractivity contribution in [2.45, 2.75) is 13.0 Å². The van der Waals surface area contributed by atoms with E-state index in [1.54, 1.807) is 42.5 Å². The number of carbonyl (C=O) groups excluding carboxylic acids is 2. The van der Waals surface area contributed by atoms with E-state index in [-0.39, 0.29) is 22.9 Å². The summed E-state index contributed by atoms with van der Waals surface area (Å²) in [4.78, 5) is 27.0. The number of hydrogen-bond acceptors (Lipinski definition) is 5. The van der Waals surface area contributed by atoms with Crippen molar-refractivity contribution in [3.05, 3.63) is 89.5 Å². The SMILES string of the molecule is C=CCOc1ccc(C2C(=C(O)c3ccc(OCC)c(Cl)c3)C(=O)C(=O)N2CC=C)cc1. The molecule has 166 valence electrons. The molecule has 7 heteroatoms. The van der Waals surface area contributed by atoms with Crippen LogP contribution in [0.4, 0.5) is 0 Å². The highest BCUT2D eigenvalue weighted by molar-refractivity contribution is 6.46. The minimum atomic E-state index is -0.785. The van der Waals surface area contributed by atoms with Crippen molar-refractivity contribution in [1.29, 1.82) is 0 Å². The largest absolute Gasteiger partial charge is 0.507 e. The monoisotopic (exact) mass is 453 g/mol. The lowest BCUT2D eigenvalue weighted by atomic mass is 9.95. The normalized spacial score (nSPS) is 17.3. The molecule has 32 heavy (non-hydrogen) atoms. The molecule has 3 rings (SSSR count). The lowest BCUT2D eigenvalue weighted by Crippen LogP contribution is -2.29. The molecule has 0 radical (unpaired) electrons. The summed E-state index contributed by atoms with van der Waals surface area (Å²) < 4.78 is 10.9. The zero-order valence-electron chi connectivity index (χ0n) is 17.7. The third-order valence-electron chi connectivity index (χ3n) is 4.93. The molecule has 1 aliphatic heterocycles. The molecule has 0 spiro atoms. The number of aliphatic hydroxyl groups excluding tert-OH is 1. The maximum Gasteiger partial charge on any atom is 0.295 e. The fourth-order valence-electron chi connectivity index (χ4n) is 3.53. The maximum atomic E-state index is 12.9. The van der Waals surface area contributed by atoms with E-state index in [9.17, 15) is 14.7 Å². The van der Waals surface area contributed by atoms with Crippen molar-refractivity contribution in [2.75, 3.05) is 19.8 Å². The predicted molar refractivity (Wildman–Crippen MR) is 124 cm³/mol. The molecule has 1 amide bonds. The second kappa shape index (κ2) is 10.2. The Morgan fingerprint density at radius 2 is 1.84 bits per heavy atom. The molecule has 1 aliphatic rings. The van der Waals surface area contributed by atoms with Crippen molar-refractivity contribution in [3.63, 3.8) is 0 Å². The number of likely N-dealkylation sites (tertiary alicyclic amines) is 1. The van der Waals surface area contributed by atoms with Gasteiger partial charge < -0.3 is 19.5 Å². The molecule has 0 aliphatic carbocycles. The molecule has 2 aromatic rings. The highest BCUT2D eigenvalue weighted by atomic mass is 35.5. The molecule has 6 nitrogen and oxygen atoms in total. The minimum Gasteiger partial charge on any atom is -0.507 e. The quantitative estimate of drug-likeness (QED) is 0.252. The molecule has 1 unspecified atom stereocenters. The van der Waals surface area contributed by atoms with Gasteiger partial charge >= 0.3 is 0 Å². The Kier molecular flexibility index (Phi) is 7.38. The summed E-state index contributed by atoms with van der Waals surface area (Å²) in [6, 6.07) is 10.9. The van der Waals surface area contributed by atoms with E-state index in [0.29, 0.717) is 35.8 Å². The molecular formula is C25H24ClNO5. The first-order valence-corrected chi connectivity index (χ1v) is 10.5. The molecule has 0 aromatic heterocycles. The van der Waals surface area contributed by atoms with Gasteiger partial charge in [0.15, 0.2) is 0 Å². The van der Waals surface area contributed by atoms with Gasteiger partial charge in [-0.1, -0.05) is 42.5 Å². The zero-order valence-corrected chi connectivity index (χ0v) is 18.5. The fourth-order valence-corrected chi connectivity index (χ4v) is 3.77. The van der Waals surface area contributed by atoms with Crippen molar-refractivity contribution in [3.8, 4) is 11.5 Å². The van der Waals surface area contributed by atoms with E-state index in [0.717, 1.165) is 0 Å². The number of carbonyl (C=O) groups is 2. The standard InChI is InChI=1S/C25H24ClNO5/c1-4-13-27-22(16-7-10-18(11-8-16)32-14-5-2)21(24(29)25(27)30)23(28)17-9-12-20(31-6-3)19(26)15-17/h4-5,7-12,15,22,28H,1-2,6,13-14H2,3H3. The molecule has 0 bridgehead atoms. The van der Waals surface area contributed by atoms with Crippen molar-refractivity contribution >= 4 is 29.1 Å². The van der Waals surface area contributed by atoms with Crippen LogP contribution in [-0.4, -0.2) is 41.5 Å². The summed E-state index contributed by atoms with van der Waals surface area (Å²) in [7, 11) is 0. The van der Waals surface area contributed by atoms with Crippen LogP contribution in [0.15, 0.2) is 73.3 Å². The fraction of sp³-hybridized carbons (Fsp3) is 0.200. The number of rotatable bonds is 9. The molecule has 1 heterocycles. The number of nitrogens with zero attached hydrogens (tertiary/aromatic N) is 1. The van der Waals surface area contributed by atoms with Gasteiger partial charge in [0.2, 0.25) is 0 Å². The van der Waals surface area contributed by atoms with Gasteiger partial charge in [0.25, 0.3) is 11.7 Å². The lowest BCUT2D eigenvalue weighted by Gasteiger charge is -2.24. The Morgan fingerprint density at radius 3 is 2.44 bits per heavy atom. The average Bonchev–Trinajstić information content (AvgIpc) is 3.04. The van der Waals surface area contributed by atoms with E-state index in [1.807, 2.05) is 6.92 Å². The number of amides is 1. The van der Waals surface area contributed by atoms with E-state index >= 15 is 0 Å². The van der Waals surface area contributed by atoms with Crippen LogP contribution in [-0.2, 0) is 9.59 Å². The Hall–Kier alpha value is -3.51. The smallest absolute Gasteiger partial charge is 0.295 e. The summed E-state index contributed by atoms with van der Waals surface area (Å²) in [6.07, 6.45) is 3.17. The van der Waals surface area contributed by atoms with Gasteiger partial charge in [-0.15, -0.1) is 6.58 Å². The van der Waals surface area contributed by atoms with Crippen molar-refractivity contribution in [2.24, 2.45) is 0 Å². The summed E-state index contributed by atoms with van der Waals surface area (Å²) in [5.41, 5.74) is 0.943. The summed E-state index contributed by atoms with van der Waals surface area (Å²) in [6.45, 7) is 10.1. The van der Waals surface area contributed by atoms with Crippen LogP contribution in [0.3, 0.4) is 0 Å². The van der Waals surface area contributed by atoms with Gasteiger partial charge in [0.1, 0.15) is 23.9 Å². The van der Waals surface area contributed by atoms with Gasteiger partial charge in [0, 0.05) is 12.1 Å². The van der Waals surface area contributed by atoms with Gasteiger partial charge in [-0.05, 0) is 42.8 Å². The highest BCUT2D eigenvalue weighted by Crippen LogP contribution is 2.40. The average molecular weight is 454 g/mol. The molecule has 1 fully saturated rings. The number of halogens is 1. The van der Waals surface area contributed by atoms with Gasteiger partial charge in [-0.3, -0.25) is 9.59 Å². The number of ketones is 1. The Labute approximate surface area is 192 Å². The number of aliphatic hydroxyl groups is 1.